The van der Waals surface area contributed by atoms with Crippen molar-refractivity contribution in [2.75, 3.05) is 37.6 Å². The first-order valence-corrected chi connectivity index (χ1v) is 7.10. The molecule has 6 nitrogen and oxygen atoms in total. The second-order valence-electron chi connectivity index (χ2n) is 5.08. The molecule has 0 aliphatic carbocycles. The first-order valence-electron chi connectivity index (χ1n) is 7.10. The lowest BCUT2D eigenvalue weighted by Gasteiger charge is -2.39. The molecule has 0 aromatic carbocycles. The highest BCUT2D eigenvalue weighted by molar-refractivity contribution is 5.91. The molecule has 1 aromatic heterocycles. The Morgan fingerprint density at radius 2 is 2.10 bits per heavy atom. The van der Waals surface area contributed by atoms with Gasteiger partial charge in [-0.3, -0.25) is 14.7 Å². The molecule has 20 heavy (non-hydrogen) atoms. The standard InChI is InChI=1S/C14H23N5O/c1-2-11(10-15)18-5-7-19(8-6-18)12-3-4-17-13(9-12)14(16)20/h3-4,9,11H,2,5-8,10,15H2,1H3,(H2,16,20). The molecule has 4 N–H and O–H groups in total. The van der Waals surface area contributed by atoms with E-state index < -0.39 is 5.91 Å². The Morgan fingerprint density at radius 1 is 1.40 bits per heavy atom. The smallest absolute Gasteiger partial charge is 0.267 e. The van der Waals surface area contributed by atoms with E-state index in [0.717, 1.165) is 38.3 Å². The van der Waals surface area contributed by atoms with Gasteiger partial charge in [0.1, 0.15) is 5.69 Å². The molecule has 1 saturated heterocycles. The number of carbonyl (C=O) groups excluding carboxylic acids is 1. The van der Waals surface area contributed by atoms with E-state index in [-0.39, 0.29) is 0 Å². The summed E-state index contributed by atoms with van der Waals surface area (Å²) >= 11 is 0. The number of hydrogen-bond acceptors (Lipinski definition) is 5. The summed E-state index contributed by atoms with van der Waals surface area (Å²) in [6.45, 7) is 6.72. The van der Waals surface area contributed by atoms with Crippen LogP contribution in [0.4, 0.5) is 5.69 Å². The Kier molecular flexibility index (Phi) is 4.92. The normalized spacial score (nSPS) is 18.0. The number of anilines is 1. The fourth-order valence-corrected chi connectivity index (χ4v) is 2.67. The van der Waals surface area contributed by atoms with Crippen LogP contribution in [0.25, 0.3) is 0 Å². The lowest BCUT2D eigenvalue weighted by atomic mass is 10.1. The molecule has 2 heterocycles. The largest absolute Gasteiger partial charge is 0.369 e. The molecule has 110 valence electrons. The predicted molar refractivity (Wildman–Crippen MR) is 79.7 cm³/mol. The van der Waals surface area contributed by atoms with Gasteiger partial charge in [0, 0.05) is 50.6 Å². The van der Waals surface area contributed by atoms with Crippen molar-refractivity contribution >= 4 is 11.6 Å². The van der Waals surface area contributed by atoms with Gasteiger partial charge in [0.2, 0.25) is 0 Å². The minimum absolute atomic E-state index is 0.318. The van der Waals surface area contributed by atoms with Crippen LogP contribution in [0.1, 0.15) is 23.8 Å². The summed E-state index contributed by atoms with van der Waals surface area (Å²) in [6, 6.07) is 4.15. The third-order valence-electron chi connectivity index (χ3n) is 3.94. The number of amides is 1. The second kappa shape index (κ2) is 6.67. The molecule has 0 bridgehead atoms. The van der Waals surface area contributed by atoms with Crippen molar-refractivity contribution in [2.45, 2.75) is 19.4 Å². The van der Waals surface area contributed by atoms with E-state index in [1.165, 1.54) is 0 Å². The van der Waals surface area contributed by atoms with Crippen molar-refractivity contribution in [1.82, 2.24) is 9.88 Å². The quantitative estimate of drug-likeness (QED) is 0.793. The molecule has 1 amide bonds. The Balaban J connectivity index is 2.00. The van der Waals surface area contributed by atoms with Gasteiger partial charge in [-0.1, -0.05) is 6.92 Å². The van der Waals surface area contributed by atoms with Gasteiger partial charge in [-0.25, -0.2) is 0 Å². The van der Waals surface area contributed by atoms with Crippen LogP contribution in [0.5, 0.6) is 0 Å². The second-order valence-corrected chi connectivity index (χ2v) is 5.08. The van der Waals surface area contributed by atoms with Gasteiger partial charge >= 0.3 is 0 Å². The van der Waals surface area contributed by atoms with Gasteiger partial charge in [-0.15, -0.1) is 0 Å². The SMILES string of the molecule is CCC(CN)N1CCN(c2ccnc(C(N)=O)c2)CC1. The van der Waals surface area contributed by atoms with Crippen LogP contribution in [-0.2, 0) is 0 Å². The van der Waals surface area contributed by atoms with Gasteiger partial charge in [-0.05, 0) is 18.6 Å². The molecule has 1 unspecified atom stereocenters. The number of piperazine rings is 1. The van der Waals surface area contributed by atoms with Crippen molar-refractivity contribution in [3.63, 3.8) is 0 Å². The number of aromatic nitrogens is 1. The Morgan fingerprint density at radius 3 is 2.65 bits per heavy atom. The highest BCUT2D eigenvalue weighted by Crippen LogP contribution is 2.18. The first kappa shape index (κ1) is 14.7. The van der Waals surface area contributed by atoms with Crippen molar-refractivity contribution in [3.05, 3.63) is 24.0 Å². The molecule has 1 aliphatic rings. The molecule has 1 aliphatic heterocycles. The number of hydrogen-bond donors (Lipinski definition) is 2. The van der Waals surface area contributed by atoms with Crippen LogP contribution in [0.2, 0.25) is 0 Å². The Bertz CT molecular complexity index is 453. The maximum absolute atomic E-state index is 11.2. The zero-order valence-corrected chi connectivity index (χ0v) is 12.0. The lowest BCUT2D eigenvalue weighted by Crippen LogP contribution is -2.52. The summed E-state index contributed by atoms with van der Waals surface area (Å²) in [7, 11) is 0. The maximum atomic E-state index is 11.2. The van der Waals surface area contributed by atoms with E-state index in [4.69, 9.17) is 11.5 Å². The number of rotatable bonds is 5. The molecular weight excluding hydrogens is 254 g/mol. The molecule has 1 aromatic rings. The zero-order valence-electron chi connectivity index (χ0n) is 12.0. The molecule has 0 radical (unpaired) electrons. The van der Waals surface area contributed by atoms with Gasteiger partial charge in [-0.2, -0.15) is 0 Å². The summed E-state index contributed by atoms with van der Waals surface area (Å²) in [6.07, 6.45) is 2.72. The zero-order chi connectivity index (χ0) is 14.5. The average molecular weight is 277 g/mol. The van der Waals surface area contributed by atoms with Crippen LogP contribution in [0.15, 0.2) is 18.3 Å². The first-order chi connectivity index (χ1) is 9.65. The number of primary amides is 1. The van der Waals surface area contributed by atoms with Crippen LogP contribution >= 0.6 is 0 Å². The molecule has 1 fully saturated rings. The van der Waals surface area contributed by atoms with Crippen molar-refractivity contribution in [2.24, 2.45) is 11.5 Å². The lowest BCUT2D eigenvalue weighted by molar-refractivity contribution is 0.0995. The minimum atomic E-state index is -0.486. The maximum Gasteiger partial charge on any atom is 0.267 e. The number of nitrogens with two attached hydrogens (primary N) is 2. The fraction of sp³-hybridized carbons (Fsp3) is 0.571. The summed E-state index contributed by atoms with van der Waals surface area (Å²) in [5, 5.41) is 0. The molecule has 1 atom stereocenters. The predicted octanol–water partition coefficient (Wildman–Crippen LogP) is 0.0398. The van der Waals surface area contributed by atoms with Crippen LogP contribution in [0.3, 0.4) is 0 Å². The van der Waals surface area contributed by atoms with Gasteiger partial charge < -0.3 is 16.4 Å². The minimum Gasteiger partial charge on any atom is -0.369 e. The van der Waals surface area contributed by atoms with E-state index in [0.29, 0.717) is 18.3 Å². The Hall–Kier alpha value is -1.66. The Labute approximate surface area is 119 Å². The number of pyridine rings is 1. The topological polar surface area (TPSA) is 88.5 Å². The molecular formula is C14H23N5O. The molecule has 2 rings (SSSR count). The highest BCUT2D eigenvalue weighted by atomic mass is 16.1. The van der Waals surface area contributed by atoms with Crippen LogP contribution in [0, 0.1) is 0 Å². The van der Waals surface area contributed by atoms with Gasteiger partial charge in [0.25, 0.3) is 5.91 Å². The van der Waals surface area contributed by atoms with E-state index in [2.05, 4.69) is 21.7 Å². The molecule has 6 heteroatoms. The fourth-order valence-electron chi connectivity index (χ4n) is 2.67. The summed E-state index contributed by atoms with van der Waals surface area (Å²) in [5.74, 6) is -0.486. The number of nitrogens with zero attached hydrogens (tertiary/aromatic N) is 3. The summed E-state index contributed by atoms with van der Waals surface area (Å²) < 4.78 is 0. The summed E-state index contributed by atoms with van der Waals surface area (Å²) in [5.41, 5.74) is 12.4. The third-order valence-corrected chi connectivity index (χ3v) is 3.94. The van der Waals surface area contributed by atoms with E-state index in [1.54, 1.807) is 12.3 Å². The van der Waals surface area contributed by atoms with E-state index >= 15 is 0 Å². The molecule has 0 saturated carbocycles. The molecule has 0 spiro atoms. The number of carbonyl (C=O) groups is 1. The summed E-state index contributed by atoms with van der Waals surface area (Å²) in [4.78, 5) is 19.8. The van der Waals surface area contributed by atoms with Gasteiger partial charge in [0.05, 0.1) is 0 Å². The van der Waals surface area contributed by atoms with Crippen molar-refractivity contribution in [3.8, 4) is 0 Å². The van der Waals surface area contributed by atoms with E-state index in [9.17, 15) is 4.79 Å². The van der Waals surface area contributed by atoms with Gasteiger partial charge in [0.15, 0.2) is 0 Å². The van der Waals surface area contributed by atoms with Crippen molar-refractivity contribution < 1.29 is 4.79 Å². The van der Waals surface area contributed by atoms with Crippen molar-refractivity contribution in [1.29, 1.82) is 0 Å². The monoisotopic (exact) mass is 277 g/mol. The highest BCUT2D eigenvalue weighted by Gasteiger charge is 2.22. The average Bonchev–Trinajstić information content (AvgIpc) is 2.49. The van der Waals surface area contributed by atoms with Crippen LogP contribution in [-0.4, -0.2) is 54.6 Å². The van der Waals surface area contributed by atoms with Crippen LogP contribution < -0.4 is 16.4 Å². The van der Waals surface area contributed by atoms with E-state index in [1.807, 2.05) is 6.07 Å². The third kappa shape index (κ3) is 3.26.